The van der Waals surface area contributed by atoms with Gasteiger partial charge in [-0.2, -0.15) is 5.10 Å². The molecule has 0 fully saturated rings. The largest absolute Gasteiger partial charge is 0.296 e. The van der Waals surface area contributed by atoms with Crippen LogP contribution >= 0.6 is 34.3 Å². The summed E-state index contributed by atoms with van der Waals surface area (Å²) in [6.07, 6.45) is 6.08. The highest BCUT2D eigenvalue weighted by atomic mass is 35.5. The quantitative estimate of drug-likeness (QED) is 0.521. The van der Waals surface area contributed by atoms with Gasteiger partial charge in [0.05, 0.1) is 6.20 Å². The highest BCUT2D eigenvalue weighted by Crippen LogP contribution is 2.25. The second-order valence-electron chi connectivity index (χ2n) is 5.83. The third kappa shape index (κ3) is 4.24. The SMILES string of the molecule is Cn1cc(-c2nc(C(=O)Nc3ncc(Cc4cccc(Cl)c4)s3)cs2)cn1. The fraction of sp³-hybridized carbons (Fsp3) is 0.111. The first-order valence-electron chi connectivity index (χ1n) is 8.02. The van der Waals surface area contributed by atoms with Gasteiger partial charge >= 0.3 is 0 Å². The van der Waals surface area contributed by atoms with Crippen LogP contribution in [0.2, 0.25) is 5.02 Å². The van der Waals surface area contributed by atoms with E-state index in [-0.39, 0.29) is 5.91 Å². The second kappa shape index (κ2) is 7.59. The first-order chi connectivity index (χ1) is 13.1. The molecule has 4 aromatic rings. The van der Waals surface area contributed by atoms with E-state index in [4.69, 9.17) is 11.6 Å². The molecule has 9 heteroatoms. The van der Waals surface area contributed by atoms with Gasteiger partial charge in [-0.05, 0) is 17.7 Å². The van der Waals surface area contributed by atoms with Crippen LogP contribution < -0.4 is 5.32 Å². The molecule has 0 unspecified atom stereocenters. The summed E-state index contributed by atoms with van der Waals surface area (Å²) in [6, 6.07) is 7.70. The molecule has 4 rings (SSSR count). The Labute approximate surface area is 168 Å². The van der Waals surface area contributed by atoms with Crippen LogP contribution in [0.25, 0.3) is 10.6 Å². The van der Waals surface area contributed by atoms with Crippen molar-refractivity contribution in [2.24, 2.45) is 7.05 Å². The molecular formula is C18H14ClN5OS2. The summed E-state index contributed by atoms with van der Waals surface area (Å²) < 4.78 is 1.70. The number of hydrogen-bond acceptors (Lipinski definition) is 6. The molecule has 0 radical (unpaired) electrons. The molecule has 1 aromatic carbocycles. The van der Waals surface area contributed by atoms with Crippen LogP contribution in [-0.2, 0) is 13.5 Å². The molecule has 0 aliphatic heterocycles. The average Bonchev–Trinajstić information content (AvgIpc) is 3.36. The lowest BCUT2D eigenvalue weighted by Crippen LogP contribution is -2.11. The summed E-state index contributed by atoms with van der Waals surface area (Å²) in [7, 11) is 1.84. The maximum atomic E-state index is 12.4. The second-order valence-corrected chi connectivity index (χ2v) is 8.24. The van der Waals surface area contributed by atoms with Crippen LogP contribution in [0.1, 0.15) is 20.9 Å². The molecule has 0 bridgehead atoms. The number of halogens is 1. The monoisotopic (exact) mass is 415 g/mol. The van der Waals surface area contributed by atoms with Crippen molar-refractivity contribution in [2.45, 2.75) is 6.42 Å². The van der Waals surface area contributed by atoms with Gasteiger partial charge in [0, 0.05) is 46.7 Å². The Morgan fingerprint density at radius 3 is 3.00 bits per heavy atom. The van der Waals surface area contributed by atoms with E-state index in [1.807, 2.05) is 37.5 Å². The summed E-state index contributed by atoms with van der Waals surface area (Å²) in [4.78, 5) is 22.2. The highest BCUT2D eigenvalue weighted by Gasteiger charge is 2.14. The molecule has 0 aliphatic rings. The molecule has 0 atom stereocenters. The number of aromatic nitrogens is 4. The molecule has 6 nitrogen and oxygen atoms in total. The molecule has 0 aliphatic carbocycles. The zero-order valence-corrected chi connectivity index (χ0v) is 16.6. The molecule has 0 saturated heterocycles. The van der Waals surface area contributed by atoms with Crippen molar-refractivity contribution in [3.05, 3.63) is 69.4 Å². The number of carbonyl (C=O) groups is 1. The Kier molecular flexibility index (Phi) is 5.02. The minimum absolute atomic E-state index is 0.273. The number of nitrogens with zero attached hydrogens (tertiary/aromatic N) is 4. The van der Waals surface area contributed by atoms with Gasteiger partial charge in [-0.15, -0.1) is 22.7 Å². The Balaban J connectivity index is 1.43. The van der Waals surface area contributed by atoms with E-state index in [2.05, 4.69) is 20.4 Å². The van der Waals surface area contributed by atoms with Crippen molar-refractivity contribution in [1.29, 1.82) is 0 Å². The first kappa shape index (κ1) is 17.8. The van der Waals surface area contributed by atoms with Crippen molar-refractivity contribution in [3.63, 3.8) is 0 Å². The van der Waals surface area contributed by atoms with Gasteiger partial charge in [0.2, 0.25) is 0 Å². The minimum Gasteiger partial charge on any atom is -0.296 e. The fourth-order valence-corrected chi connectivity index (χ4v) is 4.33. The van der Waals surface area contributed by atoms with Crippen LogP contribution in [0.4, 0.5) is 5.13 Å². The van der Waals surface area contributed by atoms with Gasteiger partial charge in [0.1, 0.15) is 10.7 Å². The van der Waals surface area contributed by atoms with Gasteiger partial charge < -0.3 is 0 Å². The van der Waals surface area contributed by atoms with E-state index in [0.29, 0.717) is 15.8 Å². The maximum Gasteiger partial charge on any atom is 0.276 e. The van der Waals surface area contributed by atoms with Crippen LogP contribution in [0.3, 0.4) is 0 Å². The first-order valence-corrected chi connectivity index (χ1v) is 10.1. The van der Waals surface area contributed by atoms with E-state index in [1.54, 1.807) is 22.5 Å². The molecule has 1 amide bonds. The lowest BCUT2D eigenvalue weighted by Gasteiger charge is -1.99. The third-order valence-electron chi connectivity index (χ3n) is 3.73. The number of thiazole rings is 2. The van der Waals surface area contributed by atoms with Gasteiger partial charge in [0.25, 0.3) is 5.91 Å². The molecule has 0 spiro atoms. The number of benzene rings is 1. The normalized spacial score (nSPS) is 10.9. The average molecular weight is 416 g/mol. The maximum absolute atomic E-state index is 12.4. The molecule has 3 aromatic heterocycles. The fourth-order valence-electron chi connectivity index (χ4n) is 2.50. The van der Waals surface area contributed by atoms with Gasteiger partial charge in [0.15, 0.2) is 5.13 Å². The lowest BCUT2D eigenvalue weighted by atomic mass is 10.1. The van der Waals surface area contributed by atoms with Gasteiger partial charge in [-0.3, -0.25) is 14.8 Å². The molecule has 1 N–H and O–H groups in total. The Bertz CT molecular complexity index is 1100. The number of anilines is 1. The summed E-state index contributed by atoms with van der Waals surface area (Å²) >= 11 is 8.87. The lowest BCUT2D eigenvalue weighted by molar-refractivity contribution is 0.102. The number of aryl methyl sites for hydroxylation is 1. The van der Waals surface area contributed by atoms with E-state index in [0.717, 1.165) is 27.4 Å². The Morgan fingerprint density at radius 1 is 1.33 bits per heavy atom. The third-order valence-corrected chi connectivity index (χ3v) is 5.77. The Hall–Kier alpha value is -2.55. The van der Waals surface area contributed by atoms with Crippen LogP contribution in [0.15, 0.2) is 48.2 Å². The number of hydrogen-bond donors (Lipinski definition) is 1. The van der Waals surface area contributed by atoms with E-state index >= 15 is 0 Å². The highest BCUT2D eigenvalue weighted by molar-refractivity contribution is 7.15. The predicted molar refractivity (Wildman–Crippen MR) is 109 cm³/mol. The number of carbonyl (C=O) groups excluding carboxylic acids is 1. The van der Waals surface area contributed by atoms with Gasteiger partial charge in [-0.1, -0.05) is 23.7 Å². The summed E-state index contributed by atoms with van der Waals surface area (Å²) in [5.41, 5.74) is 2.36. The summed E-state index contributed by atoms with van der Waals surface area (Å²) in [5, 5.41) is 10.7. The van der Waals surface area contributed by atoms with E-state index in [1.165, 1.54) is 22.7 Å². The van der Waals surface area contributed by atoms with Crippen molar-refractivity contribution < 1.29 is 4.79 Å². The smallest absolute Gasteiger partial charge is 0.276 e. The Morgan fingerprint density at radius 2 is 2.22 bits per heavy atom. The zero-order valence-electron chi connectivity index (χ0n) is 14.2. The standard InChI is InChI=1S/C18H14ClN5OS2/c1-24-9-12(7-21-24)17-22-15(10-26-17)16(25)23-18-20-8-14(27-18)6-11-3-2-4-13(19)5-11/h2-5,7-10H,6H2,1H3,(H,20,23,25). The van der Waals surface area contributed by atoms with Crippen molar-refractivity contribution in [1.82, 2.24) is 19.7 Å². The molecule has 27 heavy (non-hydrogen) atoms. The zero-order chi connectivity index (χ0) is 18.8. The summed E-state index contributed by atoms with van der Waals surface area (Å²) in [5.74, 6) is -0.273. The van der Waals surface area contributed by atoms with Gasteiger partial charge in [-0.25, -0.2) is 9.97 Å². The van der Waals surface area contributed by atoms with E-state index in [9.17, 15) is 4.79 Å². The molecular weight excluding hydrogens is 402 g/mol. The van der Waals surface area contributed by atoms with Crippen molar-refractivity contribution in [3.8, 4) is 10.6 Å². The number of nitrogens with one attached hydrogen (secondary N) is 1. The van der Waals surface area contributed by atoms with Crippen molar-refractivity contribution in [2.75, 3.05) is 5.32 Å². The molecule has 136 valence electrons. The van der Waals surface area contributed by atoms with Crippen LogP contribution in [0.5, 0.6) is 0 Å². The van der Waals surface area contributed by atoms with Crippen LogP contribution in [0, 0.1) is 0 Å². The van der Waals surface area contributed by atoms with E-state index < -0.39 is 0 Å². The van der Waals surface area contributed by atoms with Crippen molar-refractivity contribution >= 4 is 45.3 Å². The minimum atomic E-state index is -0.273. The molecule has 0 saturated carbocycles. The topological polar surface area (TPSA) is 72.7 Å². The summed E-state index contributed by atoms with van der Waals surface area (Å²) in [6.45, 7) is 0. The molecule has 3 heterocycles. The van der Waals surface area contributed by atoms with Crippen LogP contribution in [-0.4, -0.2) is 25.7 Å². The number of rotatable bonds is 5. The predicted octanol–water partition coefficient (Wildman–Crippen LogP) is 4.50. The number of amides is 1.